The molecule has 3 N–H and O–H groups in total. The summed E-state index contributed by atoms with van der Waals surface area (Å²) in [6.45, 7) is 7.72. The minimum Gasteiger partial charge on any atom is -0.486 e. The molecule has 2 heterocycles. The number of imidazole rings is 1. The number of H-pyrrole nitrogens is 1. The number of aromatic nitrogens is 2. The quantitative estimate of drug-likeness (QED) is 0.305. The van der Waals surface area contributed by atoms with Crippen LogP contribution < -0.4 is 15.4 Å². The molecule has 3 aromatic carbocycles. The van der Waals surface area contributed by atoms with Gasteiger partial charge >= 0.3 is 0 Å². The first-order valence-corrected chi connectivity index (χ1v) is 11.3. The molecule has 0 spiro atoms. The number of ether oxygens (including phenoxy) is 1. The molecule has 1 aromatic heterocycles. The van der Waals surface area contributed by atoms with Gasteiger partial charge in [0.05, 0.1) is 33.0 Å². The standard InChI is InChI=1S/C26H24ClFN4O2/c1-13-8-9-18(28)19(10-13)29-24(33)15-11-20-22(16-12-26(3,4)34-23(15)16)32-25(30-20)31-21-14(2)6-5-7-17(21)27/h5-11H,12H2,1-4H3,(H,29,33)(H2,30,31,32). The number of rotatable bonds is 4. The van der Waals surface area contributed by atoms with Crippen molar-refractivity contribution in [2.75, 3.05) is 10.6 Å². The number of hydrogen-bond acceptors (Lipinski definition) is 4. The van der Waals surface area contributed by atoms with Crippen LogP contribution in [-0.4, -0.2) is 21.5 Å². The average molecular weight is 479 g/mol. The lowest BCUT2D eigenvalue weighted by Gasteiger charge is -2.18. The third-order valence-corrected chi connectivity index (χ3v) is 6.21. The molecule has 0 atom stereocenters. The zero-order valence-electron chi connectivity index (χ0n) is 19.3. The van der Waals surface area contributed by atoms with E-state index in [1.54, 1.807) is 24.3 Å². The lowest BCUT2D eigenvalue weighted by atomic mass is 9.98. The summed E-state index contributed by atoms with van der Waals surface area (Å²) in [5.74, 6) is 0.0201. The molecule has 0 bridgehead atoms. The van der Waals surface area contributed by atoms with Crippen molar-refractivity contribution >= 4 is 45.9 Å². The molecule has 5 rings (SSSR count). The van der Waals surface area contributed by atoms with Crippen LogP contribution in [0.25, 0.3) is 11.0 Å². The summed E-state index contributed by atoms with van der Waals surface area (Å²) in [7, 11) is 0. The molecule has 1 aliphatic heterocycles. The number of halogens is 2. The molecule has 0 fully saturated rings. The molecule has 1 amide bonds. The number of carbonyl (C=O) groups is 1. The highest BCUT2D eigenvalue weighted by atomic mass is 35.5. The van der Waals surface area contributed by atoms with E-state index < -0.39 is 17.3 Å². The summed E-state index contributed by atoms with van der Waals surface area (Å²) in [6, 6.07) is 11.9. The molecule has 0 saturated carbocycles. The predicted octanol–water partition coefficient (Wildman–Crippen LogP) is 6.68. The lowest BCUT2D eigenvalue weighted by molar-refractivity contribution is 0.101. The number of nitrogens with one attached hydrogen (secondary N) is 3. The molecule has 0 unspecified atom stereocenters. The molecule has 8 heteroatoms. The second kappa shape index (κ2) is 8.02. The number of aromatic amines is 1. The number of amides is 1. The number of para-hydroxylation sites is 1. The normalized spacial score (nSPS) is 14.1. The first kappa shape index (κ1) is 22.2. The second-order valence-electron chi connectivity index (χ2n) is 9.24. The Balaban J connectivity index is 1.58. The van der Waals surface area contributed by atoms with E-state index in [0.717, 1.165) is 27.9 Å². The highest BCUT2D eigenvalue weighted by Crippen LogP contribution is 2.42. The van der Waals surface area contributed by atoms with Crippen LogP contribution in [0.5, 0.6) is 5.75 Å². The summed E-state index contributed by atoms with van der Waals surface area (Å²) in [6.07, 6.45) is 0.589. The van der Waals surface area contributed by atoms with Crippen LogP contribution in [0.4, 0.5) is 21.7 Å². The zero-order valence-corrected chi connectivity index (χ0v) is 20.0. The van der Waals surface area contributed by atoms with E-state index in [0.29, 0.717) is 34.2 Å². The van der Waals surface area contributed by atoms with E-state index in [4.69, 9.17) is 16.3 Å². The van der Waals surface area contributed by atoms with Crippen LogP contribution in [0.3, 0.4) is 0 Å². The van der Waals surface area contributed by atoms with Crippen LogP contribution in [0.2, 0.25) is 5.02 Å². The van der Waals surface area contributed by atoms with Gasteiger partial charge in [0.25, 0.3) is 5.91 Å². The van der Waals surface area contributed by atoms with Gasteiger partial charge in [-0.3, -0.25) is 4.79 Å². The Bertz CT molecular complexity index is 1440. The minimum atomic E-state index is -0.502. The maximum Gasteiger partial charge on any atom is 0.259 e. The van der Waals surface area contributed by atoms with Gasteiger partial charge in [-0.25, -0.2) is 9.37 Å². The largest absolute Gasteiger partial charge is 0.486 e. The van der Waals surface area contributed by atoms with E-state index in [9.17, 15) is 9.18 Å². The highest BCUT2D eigenvalue weighted by molar-refractivity contribution is 6.33. The molecule has 34 heavy (non-hydrogen) atoms. The fourth-order valence-electron chi connectivity index (χ4n) is 4.28. The van der Waals surface area contributed by atoms with Gasteiger partial charge in [0.1, 0.15) is 17.2 Å². The van der Waals surface area contributed by atoms with Crippen LogP contribution >= 0.6 is 11.6 Å². The Labute approximate surface area is 201 Å². The maximum absolute atomic E-state index is 14.3. The topological polar surface area (TPSA) is 79.0 Å². The molecular weight excluding hydrogens is 455 g/mol. The van der Waals surface area contributed by atoms with Crippen molar-refractivity contribution < 1.29 is 13.9 Å². The summed E-state index contributed by atoms with van der Waals surface area (Å²) in [5, 5.41) is 6.52. The number of fused-ring (bicyclic) bond motifs is 3. The van der Waals surface area contributed by atoms with Gasteiger partial charge < -0.3 is 20.4 Å². The second-order valence-corrected chi connectivity index (χ2v) is 9.65. The van der Waals surface area contributed by atoms with Crippen LogP contribution in [0.15, 0.2) is 42.5 Å². The number of carbonyl (C=O) groups excluding carboxylic acids is 1. The molecule has 0 aliphatic carbocycles. The molecular formula is C26H24ClFN4O2. The first-order chi connectivity index (χ1) is 16.1. The SMILES string of the molecule is Cc1ccc(F)c(NC(=O)c2cc3nc(Nc4c(C)cccc4Cl)[nH]c3c3c2OC(C)(C)C3)c1. The maximum atomic E-state index is 14.3. The van der Waals surface area contributed by atoms with Crippen molar-refractivity contribution in [3.05, 3.63) is 75.6 Å². The summed E-state index contributed by atoms with van der Waals surface area (Å²) >= 11 is 6.37. The number of benzene rings is 3. The molecule has 1 aliphatic rings. The Hall–Kier alpha value is -3.58. The number of nitrogens with zero attached hydrogens (tertiary/aromatic N) is 1. The van der Waals surface area contributed by atoms with Gasteiger partial charge in [-0.05, 0) is 63.1 Å². The summed E-state index contributed by atoms with van der Waals surface area (Å²) < 4.78 is 20.5. The molecule has 0 radical (unpaired) electrons. The summed E-state index contributed by atoms with van der Waals surface area (Å²) in [5.41, 5.74) is 4.73. The predicted molar refractivity (Wildman–Crippen MR) is 133 cm³/mol. The van der Waals surface area contributed by atoms with E-state index in [2.05, 4.69) is 20.6 Å². The monoisotopic (exact) mass is 478 g/mol. The Kier molecular flexibility index (Phi) is 5.24. The van der Waals surface area contributed by atoms with Gasteiger partial charge in [-0.1, -0.05) is 29.8 Å². The Morgan fingerprint density at radius 3 is 2.76 bits per heavy atom. The summed E-state index contributed by atoms with van der Waals surface area (Å²) in [4.78, 5) is 21.2. The van der Waals surface area contributed by atoms with Crippen molar-refractivity contribution in [2.24, 2.45) is 0 Å². The zero-order chi connectivity index (χ0) is 24.2. The van der Waals surface area contributed by atoms with Crippen molar-refractivity contribution in [3.8, 4) is 5.75 Å². The molecule has 174 valence electrons. The first-order valence-electron chi connectivity index (χ1n) is 11.0. The van der Waals surface area contributed by atoms with Crippen molar-refractivity contribution in [1.29, 1.82) is 0 Å². The minimum absolute atomic E-state index is 0.120. The fraction of sp³-hybridized carbons (Fsp3) is 0.231. The average Bonchev–Trinajstić information content (AvgIpc) is 3.31. The van der Waals surface area contributed by atoms with Gasteiger partial charge in [0.15, 0.2) is 0 Å². The lowest BCUT2D eigenvalue weighted by Crippen LogP contribution is -2.25. The fourth-order valence-corrected chi connectivity index (χ4v) is 4.55. The number of aryl methyl sites for hydroxylation is 2. The number of anilines is 3. The van der Waals surface area contributed by atoms with Gasteiger partial charge in [-0.15, -0.1) is 0 Å². The highest BCUT2D eigenvalue weighted by Gasteiger charge is 2.36. The van der Waals surface area contributed by atoms with Crippen molar-refractivity contribution in [1.82, 2.24) is 9.97 Å². The Morgan fingerprint density at radius 1 is 1.21 bits per heavy atom. The number of hydrogen-bond donors (Lipinski definition) is 3. The van der Waals surface area contributed by atoms with Gasteiger partial charge in [0, 0.05) is 12.0 Å². The molecule has 6 nitrogen and oxygen atoms in total. The van der Waals surface area contributed by atoms with Crippen LogP contribution in [0, 0.1) is 19.7 Å². The molecule has 4 aromatic rings. The van der Waals surface area contributed by atoms with E-state index in [-0.39, 0.29) is 5.69 Å². The van der Waals surface area contributed by atoms with Gasteiger partial charge in [-0.2, -0.15) is 0 Å². The smallest absolute Gasteiger partial charge is 0.259 e. The van der Waals surface area contributed by atoms with E-state index in [1.165, 1.54) is 6.07 Å². The third kappa shape index (κ3) is 3.96. The van der Waals surface area contributed by atoms with Gasteiger partial charge in [0.2, 0.25) is 5.95 Å². The molecule has 0 saturated heterocycles. The van der Waals surface area contributed by atoms with E-state index >= 15 is 0 Å². The van der Waals surface area contributed by atoms with Crippen LogP contribution in [-0.2, 0) is 6.42 Å². The van der Waals surface area contributed by atoms with E-state index in [1.807, 2.05) is 39.8 Å². The van der Waals surface area contributed by atoms with Crippen molar-refractivity contribution in [3.63, 3.8) is 0 Å². The Morgan fingerprint density at radius 2 is 2.00 bits per heavy atom. The third-order valence-electron chi connectivity index (χ3n) is 5.89. The van der Waals surface area contributed by atoms with Crippen LogP contribution in [0.1, 0.15) is 40.9 Å². The van der Waals surface area contributed by atoms with Crippen molar-refractivity contribution in [2.45, 2.75) is 39.7 Å².